The van der Waals surface area contributed by atoms with E-state index in [0.29, 0.717) is 0 Å². The summed E-state index contributed by atoms with van der Waals surface area (Å²) in [6, 6.07) is 0. The molecule has 0 aromatic carbocycles. The molecular weight excluding hydrogens is 249 g/mol. The molecule has 1 unspecified atom stereocenters. The van der Waals surface area contributed by atoms with E-state index in [9.17, 15) is 0 Å². The summed E-state index contributed by atoms with van der Waals surface area (Å²) in [6.07, 6.45) is 0. The second-order valence-corrected chi connectivity index (χ2v) is 0. The third-order valence-electron chi connectivity index (χ3n) is 0. The van der Waals surface area contributed by atoms with Crippen molar-refractivity contribution >= 4 is 27.5 Å². The summed E-state index contributed by atoms with van der Waals surface area (Å²) in [5.41, 5.74) is 0. The van der Waals surface area contributed by atoms with Crippen LogP contribution in [0.15, 0.2) is 0 Å². The van der Waals surface area contributed by atoms with Gasteiger partial charge in [-0.2, -0.15) is 9.90 Å². The molecule has 0 saturated heterocycles. The Balaban J connectivity index is 0. The third-order valence-corrected chi connectivity index (χ3v) is 0. The average Bonchev–Trinajstić information content (AvgIpc) is 0. The van der Waals surface area contributed by atoms with Crippen LogP contribution in [0.1, 0.15) is 1.43 Å². The first-order valence-electron chi connectivity index (χ1n) is 0. The van der Waals surface area contributed by atoms with Gasteiger partial charge in [0.15, 0.2) is 0 Å². The van der Waals surface area contributed by atoms with Crippen molar-refractivity contribution in [2.24, 2.45) is 0 Å². The van der Waals surface area contributed by atoms with Gasteiger partial charge in [-0.15, -0.1) is 0 Å². The Morgan fingerprint density at radius 1 is 1.25 bits per heavy atom. The van der Waals surface area contributed by atoms with E-state index in [0.717, 1.165) is 0 Å². The molecule has 0 aromatic rings. The van der Waals surface area contributed by atoms with Gasteiger partial charge in [-0.05, 0) is 0 Å². The predicted molar refractivity (Wildman–Crippen MR) is 23.6 cm³/mol. The van der Waals surface area contributed by atoms with Crippen molar-refractivity contribution in [2.75, 3.05) is 0 Å². The minimum Gasteiger partial charge on any atom is -1.00 e. The van der Waals surface area contributed by atoms with Crippen molar-refractivity contribution in [3.63, 3.8) is 0 Å². The van der Waals surface area contributed by atoms with Gasteiger partial charge < -0.3 is 1.43 Å². The summed E-state index contributed by atoms with van der Waals surface area (Å²) in [7, 11) is 0. The van der Waals surface area contributed by atoms with Gasteiger partial charge in [0, 0.05) is 35.6 Å². The molecule has 0 spiro atoms. The molecular formula is H8GeLaLiP. The maximum Gasteiger partial charge on any atom is 1.00 e. The first-order valence-corrected chi connectivity index (χ1v) is 0. The zero-order valence-electron chi connectivity index (χ0n) is 3.28. The number of hydrogen-bond donors (Lipinski definition) is 0. The first-order chi connectivity index (χ1) is 0. The molecule has 21 valence electrons. The molecule has 0 aliphatic carbocycles. The van der Waals surface area contributed by atoms with Gasteiger partial charge in [-0.25, -0.2) is 0 Å². The van der Waals surface area contributed by atoms with Crippen molar-refractivity contribution < 1.29 is 55.9 Å². The van der Waals surface area contributed by atoms with Crippen molar-refractivity contribution in [1.29, 1.82) is 0 Å². The van der Waals surface area contributed by atoms with Crippen LogP contribution in [0.4, 0.5) is 0 Å². The molecule has 0 bridgehead atoms. The standard InChI is InChI=1S/GeH4.La.Li.H3P.H/h1H4;;;1H3;/q;;+1;;-1. The van der Waals surface area contributed by atoms with Crippen molar-refractivity contribution in [2.45, 2.75) is 0 Å². The van der Waals surface area contributed by atoms with Crippen molar-refractivity contribution in [3.8, 4) is 0 Å². The summed E-state index contributed by atoms with van der Waals surface area (Å²) in [6.45, 7) is 0. The molecule has 0 saturated carbocycles. The Kier molecular flexibility index (Phi) is 126. The zero-order chi connectivity index (χ0) is 0. The van der Waals surface area contributed by atoms with Crippen LogP contribution in [0.5, 0.6) is 0 Å². The fourth-order valence-electron chi connectivity index (χ4n) is 0. The Bertz CT molecular complexity index is 11.6. The second kappa shape index (κ2) is 17.1. The number of hydrogen-bond acceptors (Lipinski definition) is 0. The maximum atomic E-state index is 0. The summed E-state index contributed by atoms with van der Waals surface area (Å²) >= 11 is 0. The minimum absolute atomic E-state index is 0. The first kappa shape index (κ1) is 29.4. The molecule has 4 heteroatoms. The molecule has 1 atom stereocenters. The quantitative estimate of drug-likeness (QED) is 0.304. The van der Waals surface area contributed by atoms with E-state index in [1.165, 1.54) is 0 Å². The van der Waals surface area contributed by atoms with Crippen LogP contribution in [0, 0.1) is 35.6 Å². The van der Waals surface area contributed by atoms with Gasteiger partial charge in [0.2, 0.25) is 0 Å². The minimum atomic E-state index is 0. The second-order valence-electron chi connectivity index (χ2n) is 0. The van der Waals surface area contributed by atoms with E-state index in [-0.39, 0.29) is 83.4 Å². The molecule has 0 aliphatic rings. The summed E-state index contributed by atoms with van der Waals surface area (Å²) in [5, 5.41) is 0. The Morgan fingerprint density at radius 3 is 1.25 bits per heavy atom. The van der Waals surface area contributed by atoms with Crippen LogP contribution >= 0.6 is 9.90 Å². The monoisotopic (exact) mass is 259 g/mol. The molecule has 0 aliphatic heterocycles. The van der Waals surface area contributed by atoms with Crippen molar-refractivity contribution in [3.05, 3.63) is 0 Å². The smallest absolute Gasteiger partial charge is 1.00 e. The topological polar surface area (TPSA) is 0 Å². The summed E-state index contributed by atoms with van der Waals surface area (Å²) in [5.74, 6) is 0. The van der Waals surface area contributed by atoms with E-state index in [1.807, 2.05) is 0 Å². The Hall–Kier alpha value is 2.77. The van der Waals surface area contributed by atoms with Crippen LogP contribution in [0.2, 0.25) is 0 Å². The van der Waals surface area contributed by atoms with E-state index in [4.69, 9.17) is 0 Å². The van der Waals surface area contributed by atoms with E-state index < -0.39 is 0 Å². The fourth-order valence-corrected chi connectivity index (χ4v) is 0. The largest absolute Gasteiger partial charge is 1.00 e. The van der Waals surface area contributed by atoms with Crippen LogP contribution in [-0.4, -0.2) is 17.6 Å². The normalized spacial score (nSPS) is 0. The van der Waals surface area contributed by atoms with E-state index in [2.05, 4.69) is 0 Å². The molecule has 0 rings (SSSR count). The predicted octanol–water partition coefficient (Wildman–Crippen LogP) is -4.28. The van der Waals surface area contributed by atoms with Crippen LogP contribution in [-0.2, 0) is 0 Å². The van der Waals surface area contributed by atoms with Gasteiger partial charge in [0.05, 0.1) is 0 Å². The Morgan fingerprint density at radius 2 is 1.25 bits per heavy atom. The number of rotatable bonds is 0. The molecule has 0 heterocycles. The Labute approximate surface area is 82.1 Å². The van der Waals surface area contributed by atoms with Gasteiger partial charge in [-0.3, -0.25) is 0 Å². The fraction of sp³-hybridized carbons (Fsp3) is 0. The summed E-state index contributed by atoms with van der Waals surface area (Å²) in [4.78, 5) is 0. The van der Waals surface area contributed by atoms with E-state index >= 15 is 0 Å². The molecule has 0 aromatic heterocycles. The van der Waals surface area contributed by atoms with Gasteiger partial charge in [0.1, 0.15) is 0 Å². The van der Waals surface area contributed by atoms with Crippen LogP contribution < -0.4 is 18.9 Å². The van der Waals surface area contributed by atoms with E-state index in [1.54, 1.807) is 0 Å². The van der Waals surface area contributed by atoms with Gasteiger partial charge in [-0.1, -0.05) is 0 Å². The molecule has 0 nitrogen and oxygen atoms in total. The van der Waals surface area contributed by atoms with Gasteiger partial charge >= 0.3 is 36.5 Å². The molecule has 0 fully saturated rings. The molecule has 0 amide bonds. The molecule has 1 radical (unpaired) electrons. The van der Waals surface area contributed by atoms with Crippen molar-refractivity contribution in [1.82, 2.24) is 0 Å². The van der Waals surface area contributed by atoms with Crippen LogP contribution in [0.25, 0.3) is 0 Å². The third kappa shape index (κ3) is 8.83. The zero-order valence-corrected chi connectivity index (χ0v) is 7.32. The van der Waals surface area contributed by atoms with Gasteiger partial charge in [0.25, 0.3) is 0 Å². The molecule has 0 N–H and O–H groups in total. The SMILES string of the molecule is P.[GeH4].[H-].[La].[Li+]. The summed E-state index contributed by atoms with van der Waals surface area (Å²) < 4.78 is 0. The van der Waals surface area contributed by atoms with Crippen LogP contribution in [0.3, 0.4) is 0 Å². The molecule has 4 heavy (non-hydrogen) atoms. The maximum absolute atomic E-state index is 0. The average molecular weight is 257 g/mol.